The SMILES string of the molecule is CCCCN=CCC(=O)c1ccc2ccccc2c1. The van der Waals surface area contributed by atoms with E-state index in [9.17, 15) is 4.79 Å². The highest BCUT2D eigenvalue weighted by atomic mass is 16.1. The molecular weight excluding hydrogens is 234 g/mol. The molecule has 0 aliphatic heterocycles. The molecule has 0 radical (unpaired) electrons. The van der Waals surface area contributed by atoms with Crippen molar-refractivity contribution in [2.45, 2.75) is 26.2 Å². The van der Waals surface area contributed by atoms with Crippen molar-refractivity contribution in [2.75, 3.05) is 6.54 Å². The minimum absolute atomic E-state index is 0.131. The van der Waals surface area contributed by atoms with Crippen molar-refractivity contribution >= 4 is 22.8 Å². The van der Waals surface area contributed by atoms with E-state index >= 15 is 0 Å². The minimum atomic E-state index is 0.131. The number of carbonyl (C=O) groups is 1. The topological polar surface area (TPSA) is 29.4 Å². The van der Waals surface area contributed by atoms with E-state index in [1.54, 1.807) is 6.21 Å². The lowest BCUT2D eigenvalue weighted by molar-refractivity contribution is 0.100. The second-order valence-corrected chi connectivity index (χ2v) is 4.63. The Bertz CT molecular complexity index is 587. The van der Waals surface area contributed by atoms with Crippen LogP contribution in [0, 0.1) is 0 Å². The summed E-state index contributed by atoms with van der Waals surface area (Å²) in [5.74, 6) is 0.131. The Morgan fingerprint density at radius 3 is 2.74 bits per heavy atom. The number of benzene rings is 2. The number of Topliss-reactive ketones (excluding diaryl/α,β-unsaturated/α-hetero) is 1. The Morgan fingerprint density at radius 1 is 1.16 bits per heavy atom. The van der Waals surface area contributed by atoms with E-state index in [1.165, 1.54) is 0 Å². The second-order valence-electron chi connectivity index (χ2n) is 4.63. The molecule has 2 rings (SSSR count). The van der Waals surface area contributed by atoms with Crippen molar-refractivity contribution in [1.29, 1.82) is 0 Å². The van der Waals surface area contributed by atoms with Crippen LogP contribution in [-0.2, 0) is 0 Å². The quantitative estimate of drug-likeness (QED) is 0.429. The van der Waals surface area contributed by atoms with Crippen LogP contribution < -0.4 is 0 Å². The molecule has 0 atom stereocenters. The number of unbranched alkanes of at least 4 members (excludes halogenated alkanes) is 1. The molecule has 0 saturated heterocycles. The van der Waals surface area contributed by atoms with Crippen LogP contribution >= 0.6 is 0 Å². The summed E-state index contributed by atoms with van der Waals surface area (Å²) in [4.78, 5) is 16.3. The number of aliphatic imine (C=N–C) groups is 1. The van der Waals surface area contributed by atoms with E-state index in [1.807, 2.05) is 36.4 Å². The van der Waals surface area contributed by atoms with E-state index in [4.69, 9.17) is 0 Å². The third-order valence-corrected chi connectivity index (χ3v) is 3.12. The first-order chi connectivity index (χ1) is 9.31. The Morgan fingerprint density at radius 2 is 1.95 bits per heavy atom. The molecule has 98 valence electrons. The fourth-order valence-corrected chi connectivity index (χ4v) is 1.97. The molecule has 2 aromatic carbocycles. The summed E-state index contributed by atoms with van der Waals surface area (Å²) >= 11 is 0. The van der Waals surface area contributed by atoms with E-state index in [0.717, 1.165) is 35.7 Å². The molecule has 0 fully saturated rings. The summed E-state index contributed by atoms with van der Waals surface area (Å²) in [6, 6.07) is 13.9. The van der Waals surface area contributed by atoms with E-state index in [0.29, 0.717) is 6.42 Å². The van der Waals surface area contributed by atoms with Gasteiger partial charge in [0.2, 0.25) is 0 Å². The Kier molecular flexibility index (Phi) is 4.85. The van der Waals surface area contributed by atoms with Crippen LogP contribution in [-0.4, -0.2) is 18.5 Å². The van der Waals surface area contributed by atoms with Gasteiger partial charge in [-0.05, 0) is 23.3 Å². The van der Waals surface area contributed by atoms with E-state index < -0.39 is 0 Å². The average Bonchev–Trinajstić information content (AvgIpc) is 2.46. The maximum absolute atomic E-state index is 12.0. The first kappa shape index (κ1) is 13.5. The van der Waals surface area contributed by atoms with E-state index in [-0.39, 0.29) is 5.78 Å². The molecule has 19 heavy (non-hydrogen) atoms. The predicted molar refractivity (Wildman–Crippen MR) is 81.2 cm³/mol. The standard InChI is InChI=1S/C17H19NO/c1-2-3-11-18-12-10-17(19)16-9-8-14-6-4-5-7-15(14)13-16/h4-9,12-13H,2-3,10-11H2,1H3. The van der Waals surface area contributed by atoms with Crippen LogP contribution in [0.3, 0.4) is 0 Å². The summed E-state index contributed by atoms with van der Waals surface area (Å²) in [5, 5.41) is 2.27. The maximum Gasteiger partial charge on any atom is 0.168 e. The Balaban J connectivity index is 2.03. The van der Waals surface area contributed by atoms with Crippen LogP contribution in [0.15, 0.2) is 47.5 Å². The van der Waals surface area contributed by atoms with Crippen LogP contribution in [0.25, 0.3) is 10.8 Å². The molecule has 0 saturated carbocycles. The first-order valence-electron chi connectivity index (χ1n) is 6.81. The summed E-state index contributed by atoms with van der Waals surface area (Å²) in [6.45, 7) is 2.96. The molecule has 2 nitrogen and oxygen atoms in total. The highest BCUT2D eigenvalue weighted by molar-refractivity contribution is 6.05. The first-order valence-corrected chi connectivity index (χ1v) is 6.81. The second kappa shape index (κ2) is 6.83. The predicted octanol–water partition coefficient (Wildman–Crippen LogP) is 4.28. The third kappa shape index (κ3) is 3.75. The van der Waals surface area contributed by atoms with Gasteiger partial charge in [-0.1, -0.05) is 49.7 Å². The molecule has 0 aliphatic carbocycles. The van der Waals surface area contributed by atoms with Gasteiger partial charge in [-0.25, -0.2) is 0 Å². The Hall–Kier alpha value is -1.96. The van der Waals surface area contributed by atoms with Gasteiger partial charge in [0.25, 0.3) is 0 Å². The normalized spacial score (nSPS) is 11.2. The number of nitrogens with zero attached hydrogens (tertiary/aromatic N) is 1. The monoisotopic (exact) mass is 253 g/mol. The highest BCUT2D eigenvalue weighted by Gasteiger charge is 2.04. The van der Waals surface area contributed by atoms with Gasteiger partial charge in [-0.3, -0.25) is 9.79 Å². The lowest BCUT2D eigenvalue weighted by Crippen LogP contribution is -1.99. The highest BCUT2D eigenvalue weighted by Crippen LogP contribution is 2.16. The number of ketones is 1. The molecule has 0 unspecified atom stereocenters. The van der Waals surface area contributed by atoms with Crippen molar-refractivity contribution in [2.24, 2.45) is 4.99 Å². The average molecular weight is 253 g/mol. The zero-order valence-corrected chi connectivity index (χ0v) is 11.3. The zero-order chi connectivity index (χ0) is 13.5. The largest absolute Gasteiger partial charge is 0.297 e. The van der Waals surface area contributed by atoms with Crippen LogP contribution in [0.5, 0.6) is 0 Å². The molecule has 2 heteroatoms. The summed E-state index contributed by atoms with van der Waals surface area (Å²) in [6.07, 6.45) is 4.35. The molecule has 0 bridgehead atoms. The molecule has 0 N–H and O–H groups in total. The number of hydrogen-bond donors (Lipinski definition) is 0. The van der Waals surface area contributed by atoms with Crippen molar-refractivity contribution in [3.05, 3.63) is 48.0 Å². The Labute approximate surface area is 114 Å². The molecule has 0 heterocycles. The van der Waals surface area contributed by atoms with Gasteiger partial charge >= 0.3 is 0 Å². The lowest BCUT2D eigenvalue weighted by Gasteiger charge is -2.01. The van der Waals surface area contributed by atoms with Crippen molar-refractivity contribution in [3.8, 4) is 0 Å². The summed E-state index contributed by atoms with van der Waals surface area (Å²) < 4.78 is 0. The molecule has 0 amide bonds. The van der Waals surface area contributed by atoms with Crippen molar-refractivity contribution in [1.82, 2.24) is 0 Å². The molecule has 0 aliphatic rings. The lowest BCUT2D eigenvalue weighted by atomic mass is 10.0. The molecule has 2 aromatic rings. The van der Waals surface area contributed by atoms with Crippen LogP contribution in [0.4, 0.5) is 0 Å². The smallest absolute Gasteiger partial charge is 0.168 e. The van der Waals surface area contributed by atoms with Crippen LogP contribution in [0.1, 0.15) is 36.5 Å². The fraction of sp³-hybridized carbons (Fsp3) is 0.294. The zero-order valence-electron chi connectivity index (χ0n) is 11.3. The van der Waals surface area contributed by atoms with Gasteiger partial charge in [-0.15, -0.1) is 0 Å². The van der Waals surface area contributed by atoms with E-state index in [2.05, 4.69) is 18.0 Å². The maximum atomic E-state index is 12.0. The summed E-state index contributed by atoms with van der Waals surface area (Å²) in [5.41, 5.74) is 0.764. The summed E-state index contributed by atoms with van der Waals surface area (Å²) in [7, 11) is 0. The molecule has 0 aromatic heterocycles. The third-order valence-electron chi connectivity index (χ3n) is 3.12. The van der Waals surface area contributed by atoms with Gasteiger partial charge in [-0.2, -0.15) is 0 Å². The van der Waals surface area contributed by atoms with Gasteiger partial charge in [0.15, 0.2) is 5.78 Å². The van der Waals surface area contributed by atoms with Crippen LogP contribution in [0.2, 0.25) is 0 Å². The van der Waals surface area contributed by atoms with Crippen molar-refractivity contribution in [3.63, 3.8) is 0 Å². The number of fused-ring (bicyclic) bond motifs is 1. The molecule has 0 spiro atoms. The van der Waals surface area contributed by atoms with Crippen molar-refractivity contribution < 1.29 is 4.79 Å². The molecular formula is C17H19NO. The van der Waals surface area contributed by atoms with Gasteiger partial charge in [0.05, 0.1) is 0 Å². The number of carbonyl (C=O) groups excluding carboxylic acids is 1. The number of rotatable bonds is 6. The van der Waals surface area contributed by atoms with Gasteiger partial charge in [0, 0.05) is 24.7 Å². The minimum Gasteiger partial charge on any atom is -0.297 e. The number of hydrogen-bond acceptors (Lipinski definition) is 2. The van der Waals surface area contributed by atoms with Gasteiger partial charge < -0.3 is 0 Å². The van der Waals surface area contributed by atoms with Gasteiger partial charge in [0.1, 0.15) is 0 Å². The fourth-order valence-electron chi connectivity index (χ4n) is 1.97.